The van der Waals surface area contributed by atoms with Gasteiger partial charge in [-0.25, -0.2) is 0 Å². The van der Waals surface area contributed by atoms with Gasteiger partial charge in [-0.2, -0.15) is 8.78 Å². The smallest absolute Gasteiger partial charge is 0.387 e. The molecule has 122 valence electrons. The van der Waals surface area contributed by atoms with Crippen LogP contribution < -0.4 is 14.8 Å². The number of ether oxygens (including phenoxy) is 2. The van der Waals surface area contributed by atoms with Crippen LogP contribution in [0.2, 0.25) is 0 Å². The molecule has 0 aliphatic rings. The Hall–Kier alpha value is -2.55. The van der Waals surface area contributed by atoms with Crippen LogP contribution in [0.15, 0.2) is 29.8 Å². The molecule has 0 saturated carbocycles. The van der Waals surface area contributed by atoms with Crippen molar-refractivity contribution in [3.63, 3.8) is 0 Å². The van der Waals surface area contributed by atoms with Crippen molar-refractivity contribution in [1.29, 1.82) is 0 Å². The minimum atomic E-state index is -2.94. The number of carbonyl (C=O) groups is 1. The molecular formula is C14H13F2N3O3S. The molecule has 1 N–H and O–H groups in total. The third-order valence-corrected chi connectivity index (χ3v) is 3.11. The fourth-order valence-corrected chi connectivity index (χ4v) is 2.08. The summed E-state index contributed by atoms with van der Waals surface area (Å²) in [5.41, 5.74) is 2.09. The number of rotatable bonds is 7. The Labute approximate surface area is 134 Å². The van der Waals surface area contributed by atoms with Crippen LogP contribution in [0, 0.1) is 0 Å². The zero-order valence-electron chi connectivity index (χ0n) is 12.0. The molecular weight excluding hydrogens is 328 g/mol. The van der Waals surface area contributed by atoms with Crippen molar-refractivity contribution in [1.82, 2.24) is 10.2 Å². The molecule has 0 aliphatic carbocycles. The van der Waals surface area contributed by atoms with Crippen LogP contribution in [-0.4, -0.2) is 29.3 Å². The van der Waals surface area contributed by atoms with E-state index >= 15 is 0 Å². The van der Waals surface area contributed by atoms with Crippen LogP contribution in [0.25, 0.3) is 6.08 Å². The van der Waals surface area contributed by atoms with Crippen LogP contribution in [-0.2, 0) is 4.79 Å². The van der Waals surface area contributed by atoms with Gasteiger partial charge in [-0.1, -0.05) is 17.4 Å². The van der Waals surface area contributed by atoms with Crippen molar-refractivity contribution < 1.29 is 23.0 Å². The second-order valence-electron chi connectivity index (χ2n) is 4.08. The normalized spacial score (nSPS) is 11.0. The van der Waals surface area contributed by atoms with E-state index < -0.39 is 6.61 Å². The van der Waals surface area contributed by atoms with E-state index in [1.54, 1.807) is 6.92 Å². The highest BCUT2D eigenvalue weighted by Gasteiger charge is 2.11. The van der Waals surface area contributed by atoms with Gasteiger partial charge in [0.05, 0.1) is 6.61 Å². The van der Waals surface area contributed by atoms with E-state index in [-0.39, 0.29) is 17.4 Å². The van der Waals surface area contributed by atoms with Crippen LogP contribution in [0.3, 0.4) is 0 Å². The molecule has 6 nitrogen and oxygen atoms in total. The summed E-state index contributed by atoms with van der Waals surface area (Å²) in [6.07, 6.45) is 2.81. The SMILES string of the molecule is CCOc1cc(/C=C/C(=O)Nc2nncs2)ccc1OC(F)F. The number of carbonyl (C=O) groups excluding carboxylic acids is 1. The summed E-state index contributed by atoms with van der Waals surface area (Å²) < 4.78 is 34.3. The number of hydrogen-bond acceptors (Lipinski definition) is 6. The highest BCUT2D eigenvalue weighted by Crippen LogP contribution is 2.30. The van der Waals surface area contributed by atoms with Crippen molar-refractivity contribution in [2.45, 2.75) is 13.5 Å². The van der Waals surface area contributed by atoms with Crippen molar-refractivity contribution >= 4 is 28.5 Å². The molecule has 0 spiro atoms. The summed E-state index contributed by atoms with van der Waals surface area (Å²) in [5.74, 6) is -0.260. The second kappa shape index (κ2) is 8.18. The molecule has 1 heterocycles. The number of nitrogens with one attached hydrogen (secondary N) is 1. The number of alkyl halides is 2. The minimum Gasteiger partial charge on any atom is -0.490 e. The fraction of sp³-hybridized carbons (Fsp3) is 0.214. The van der Waals surface area contributed by atoms with Gasteiger partial charge in [-0.15, -0.1) is 10.2 Å². The molecule has 0 unspecified atom stereocenters. The zero-order valence-corrected chi connectivity index (χ0v) is 12.8. The molecule has 2 aromatic rings. The van der Waals surface area contributed by atoms with Gasteiger partial charge in [0, 0.05) is 6.08 Å². The molecule has 1 aromatic heterocycles. The maximum Gasteiger partial charge on any atom is 0.387 e. The largest absolute Gasteiger partial charge is 0.490 e. The Kier molecular flexibility index (Phi) is 5.98. The summed E-state index contributed by atoms with van der Waals surface area (Å²) in [6, 6.07) is 4.41. The predicted molar refractivity (Wildman–Crippen MR) is 81.8 cm³/mol. The lowest BCUT2D eigenvalue weighted by atomic mass is 10.2. The van der Waals surface area contributed by atoms with Crippen molar-refractivity contribution in [2.75, 3.05) is 11.9 Å². The third kappa shape index (κ3) is 5.29. The van der Waals surface area contributed by atoms with Crippen molar-refractivity contribution in [3.8, 4) is 11.5 Å². The predicted octanol–water partition coefficient (Wildman–Crippen LogP) is 3.19. The molecule has 1 amide bonds. The Bertz CT molecular complexity index is 678. The lowest BCUT2D eigenvalue weighted by Crippen LogP contribution is -2.07. The van der Waals surface area contributed by atoms with E-state index in [0.29, 0.717) is 17.3 Å². The second-order valence-corrected chi connectivity index (χ2v) is 4.92. The van der Waals surface area contributed by atoms with Gasteiger partial charge in [0.1, 0.15) is 5.51 Å². The zero-order chi connectivity index (χ0) is 16.7. The number of anilines is 1. The molecule has 1 aromatic carbocycles. The Balaban J connectivity index is 2.08. The Morgan fingerprint density at radius 3 is 2.91 bits per heavy atom. The molecule has 0 radical (unpaired) electrons. The number of amides is 1. The monoisotopic (exact) mass is 341 g/mol. The molecule has 0 fully saturated rings. The molecule has 9 heteroatoms. The van der Waals surface area contributed by atoms with Gasteiger partial charge in [-0.05, 0) is 30.7 Å². The number of benzene rings is 1. The molecule has 0 saturated heterocycles. The summed E-state index contributed by atoms with van der Waals surface area (Å²) in [5, 5.41) is 10.2. The van der Waals surface area contributed by atoms with Gasteiger partial charge in [-0.3, -0.25) is 10.1 Å². The van der Waals surface area contributed by atoms with E-state index in [1.807, 2.05) is 0 Å². The molecule has 0 bridgehead atoms. The molecule has 23 heavy (non-hydrogen) atoms. The topological polar surface area (TPSA) is 73.3 Å². The standard InChI is InChI=1S/C14H13F2N3O3S/c1-2-21-11-7-9(3-5-10(11)22-13(15)16)4-6-12(20)18-14-19-17-8-23-14/h3-8,13H,2H2,1H3,(H,18,19,20)/b6-4+. The van der Waals surface area contributed by atoms with E-state index in [1.165, 1.54) is 47.2 Å². The fourth-order valence-electron chi connectivity index (χ4n) is 1.64. The number of halogens is 2. The first-order valence-corrected chi connectivity index (χ1v) is 7.43. The van der Waals surface area contributed by atoms with Crippen molar-refractivity contribution in [3.05, 3.63) is 35.3 Å². The van der Waals surface area contributed by atoms with Crippen LogP contribution in [0.1, 0.15) is 12.5 Å². The first-order valence-electron chi connectivity index (χ1n) is 6.55. The van der Waals surface area contributed by atoms with Gasteiger partial charge >= 0.3 is 6.61 Å². The number of hydrogen-bond donors (Lipinski definition) is 1. The van der Waals surface area contributed by atoms with Crippen LogP contribution in [0.5, 0.6) is 11.5 Å². The first-order chi connectivity index (χ1) is 11.1. The molecule has 2 rings (SSSR count). The molecule has 0 atom stereocenters. The average Bonchev–Trinajstić information content (AvgIpc) is 3.00. The lowest BCUT2D eigenvalue weighted by molar-refractivity contribution is -0.111. The quantitative estimate of drug-likeness (QED) is 0.783. The van der Waals surface area contributed by atoms with Crippen molar-refractivity contribution in [2.24, 2.45) is 0 Å². The van der Waals surface area contributed by atoms with Gasteiger partial charge in [0.25, 0.3) is 0 Å². The van der Waals surface area contributed by atoms with E-state index in [9.17, 15) is 13.6 Å². The minimum absolute atomic E-state index is 0.0580. The molecule has 0 aliphatic heterocycles. The summed E-state index contributed by atoms with van der Waals surface area (Å²) in [6.45, 7) is -0.914. The summed E-state index contributed by atoms with van der Waals surface area (Å²) in [4.78, 5) is 11.7. The highest BCUT2D eigenvalue weighted by atomic mass is 32.1. The number of aromatic nitrogens is 2. The summed E-state index contributed by atoms with van der Waals surface area (Å²) in [7, 11) is 0. The van der Waals surface area contributed by atoms with Crippen LogP contribution in [0.4, 0.5) is 13.9 Å². The van der Waals surface area contributed by atoms with E-state index in [0.717, 1.165) is 0 Å². The van der Waals surface area contributed by atoms with Crippen LogP contribution >= 0.6 is 11.3 Å². The average molecular weight is 341 g/mol. The van der Waals surface area contributed by atoms with E-state index in [2.05, 4.69) is 20.3 Å². The maximum absolute atomic E-state index is 12.3. The van der Waals surface area contributed by atoms with E-state index in [4.69, 9.17) is 4.74 Å². The summed E-state index contributed by atoms with van der Waals surface area (Å²) >= 11 is 1.19. The highest BCUT2D eigenvalue weighted by molar-refractivity contribution is 7.13. The maximum atomic E-state index is 12.3. The lowest BCUT2D eigenvalue weighted by Gasteiger charge is -2.11. The Morgan fingerprint density at radius 2 is 2.26 bits per heavy atom. The first kappa shape index (κ1) is 16.8. The number of nitrogens with zero attached hydrogens (tertiary/aromatic N) is 2. The third-order valence-electron chi connectivity index (χ3n) is 2.50. The van der Waals surface area contributed by atoms with Gasteiger partial charge in [0.15, 0.2) is 11.5 Å². The Morgan fingerprint density at radius 1 is 1.43 bits per heavy atom. The van der Waals surface area contributed by atoms with Gasteiger partial charge in [0.2, 0.25) is 11.0 Å². The van der Waals surface area contributed by atoms with Gasteiger partial charge < -0.3 is 9.47 Å².